The van der Waals surface area contributed by atoms with E-state index >= 15 is 0 Å². The van der Waals surface area contributed by atoms with Crippen LogP contribution in [0, 0.1) is 0 Å². The second-order valence-electron chi connectivity index (χ2n) is 4.14. The summed E-state index contributed by atoms with van der Waals surface area (Å²) in [6.07, 6.45) is 2.76. The zero-order valence-electron chi connectivity index (χ0n) is 9.05. The van der Waals surface area contributed by atoms with E-state index in [0.29, 0.717) is 12.1 Å². The van der Waals surface area contributed by atoms with Crippen molar-refractivity contribution in [2.24, 2.45) is 0 Å². The summed E-state index contributed by atoms with van der Waals surface area (Å²) in [5, 5.41) is 3.49. The van der Waals surface area contributed by atoms with Crippen LogP contribution < -0.4 is 5.32 Å². The fourth-order valence-corrected chi connectivity index (χ4v) is 1.53. The number of hydrogen-bond donors (Lipinski definition) is 1. The Kier molecular flexibility index (Phi) is 4.70. The maximum absolute atomic E-state index is 5.52. The highest BCUT2D eigenvalue weighted by molar-refractivity contribution is 4.72. The van der Waals surface area contributed by atoms with Crippen molar-refractivity contribution in [2.45, 2.75) is 38.8 Å². The van der Waals surface area contributed by atoms with Crippen LogP contribution in [0.1, 0.15) is 26.7 Å². The molecule has 1 aliphatic rings. The first-order valence-corrected chi connectivity index (χ1v) is 5.22. The highest BCUT2D eigenvalue weighted by atomic mass is 16.5. The first-order chi connectivity index (χ1) is 6.18. The highest BCUT2D eigenvalue weighted by Crippen LogP contribution is 2.05. The molecule has 1 N–H and O–H groups in total. The molecule has 0 amide bonds. The smallest absolute Gasteiger partial charge is 0.0518 e. The largest absolute Gasteiger partial charge is 0.379 e. The van der Waals surface area contributed by atoms with Gasteiger partial charge in [0.15, 0.2) is 0 Å². The van der Waals surface area contributed by atoms with Crippen LogP contribution >= 0.6 is 0 Å². The van der Waals surface area contributed by atoms with Crippen LogP contribution in [0.3, 0.4) is 0 Å². The van der Waals surface area contributed by atoms with E-state index in [4.69, 9.17) is 4.74 Å². The van der Waals surface area contributed by atoms with Crippen LogP contribution in [-0.4, -0.2) is 43.9 Å². The molecule has 0 aromatic carbocycles. The second-order valence-corrected chi connectivity index (χ2v) is 4.14. The minimum Gasteiger partial charge on any atom is -0.379 e. The third-order valence-corrected chi connectivity index (χ3v) is 2.43. The molecule has 1 rings (SSSR count). The van der Waals surface area contributed by atoms with Crippen LogP contribution in [0.4, 0.5) is 0 Å². The van der Waals surface area contributed by atoms with Crippen molar-refractivity contribution in [1.29, 1.82) is 0 Å². The second kappa shape index (κ2) is 5.58. The van der Waals surface area contributed by atoms with Crippen molar-refractivity contribution in [3.05, 3.63) is 0 Å². The third kappa shape index (κ3) is 4.60. The first kappa shape index (κ1) is 11.0. The van der Waals surface area contributed by atoms with Crippen LogP contribution in [0.25, 0.3) is 0 Å². The lowest BCUT2D eigenvalue weighted by molar-refractivity contribution is 0.0657. The molecule has 1 fully saturated rings. The van der Waals surface area contributed by atoms with E-state index in [1.165, 1.54) is 13.0 Å². The molecule has 1 aliphatic heterocycles. The fraction of sp³-hybridized carbons (Fsp3) is 1.00. The number of nitrogens with zero attached hydrogens (tertiary/aromatic N) is 1. The van der Waals surface area contributed by atoms with Gasteiger partial charge in [0.25, 0.3) is 0 Å². The van der Waals surface area contributed by atoms with Crippen LogP contribution in [0.15, 0.2) is 0 Å². The molecule has 1 saturated heterocycles. The molecule has 0 aliphatic carbocycles. The first-order valence-electron chi connectivity index (χ1n) is 5.22. The van der Waals surface area contributed by atoms with Gasteiger partial charge in [0.2, 0.25) is 0 Å². The molecule has 3 heteroatoms. The van der Waals surface area contributed by atoms with Crippen LogP contribution in [0.2, 0.25) is 0 Å². The molecular formula is C10H22N2O. The number of nitrogens with one attached hydrogen (secondary N) is 1. The zero-order valence-corrected chi connectivity index (χ0v) is 9.05. The topological polar surface area (TPSA) is 24.5 Å². The standard InChI is InChI=1S/C10H22N2O/c1-9(2)13-7-5-10-4-6-12(3)8-11-10/h9-11H,4-8H2,1-3H3. The van der Waals surface area contributed by atoms with Gasteiger partial charge in [-0.25, -0.2) is 0 Å². The number of rotatable bonds is 4. The van der Waals surface area contributed by atoms with E-state index in [0.717, 1.165) is 19.7 Å². The van der Waals surface area contributed by atoms with Gasteiger partial charge >= 0.3 is 0 Å². The Labute approximate surface area is 81.4 Å². The predicted octanol–water partition coefficient (Wildman–Crippen LogP) is 1.05. The van der Waals surface area contributed by atoms with Crippen molar-refractivity contribution >= 4 is 0 Å². The molecule has 0 radical (unpaired) electrons. The van der Waals surface area contributed by atoms with Gasteiger partial charge < -0.3 is 10.1 Å². The molecule has 1 heterocycles. The number of hydrogen-bond acceptors (Lipinski definition) is 3. The molecule has 0 bridgehead atoms. The average Bonchev–Trinajstić information content (AvgIpc) is 2.08. The molecular weight excluding hydrogens is 164 g/mol. The zero-order chi connectivity index (χ0) is 9.68. The number of ether oxygens (including phenoxy) is 1. The van der Waals surface area contributed by atoms with Crippen molar-refractivity contribution in [2.75, 3.05) is 26.9 Å². The SMILES string of the molecule is CC(C)OCCC1CCN(C)CN1. The van der Waals surface area contributed by atoms with Gasteiger partial charge in [-0.1, -0.05) is 0 Å². The molecule has 0 spiro atoms. The van der Waals surface area contributed by atoms with Crippen molar-refractivity contribution in [1.82, 2.24) is 10.2 Å². The molecule has 1 unspecified atom stereocenters. The quantitative estimate of drug-likeness (QED) is 0.710. The van der Waals surface area contributed by atoms with Crippen LogP contribution in [0.5, 0.6) is 0 Å². The van der Waals surface area contributed by atoms with E-state index in [1.807, 2.05) is 0 Å². The Balaban J connectivity index is 2.02. The average molecular weight is 186 g/mol. The van der Waals surface area contributed by atoms with Gasteiger partial charge in [0, 0.05) is 25.9 Å². The molecule has 0 saturated carbocycles. The summed E-state index contributed by atoms with van der Waals surface area (Å²) in [7, 11) is 2.15. The fourth-order valence-electron chi connectivity index (χ4n) is 1.53. The maximum Gasteiger partial charge on any atom is 0.0518 e. The molecule has 1 atom stereocenters. The van der Waals surface area contributed by atoms with Crippen molar-refractivity contribution in [3.8, 4) is 0 Å². The predicted molar refractivity (Wildman–Crippen MR) is 54.7 cm³/mol. The lowest BCUT2D eigenvalue weighted by Gasteiger charge is -2.30. The van der Waals surface area contributed by atoms with Gasteiger partial charge in [0.05, 0.1) is 6.10 Å². The van der Waals surface area contributed by atoms with E-state index in [-0.39, 0.29) is 0 Å². The summed E-state index contributed by atoms with van der Waals surface area (Å²) in [6.45, 7) is 7.29. The Hall–Kier alpha value is -0.120. The Morgan fingerprint density at radius 2 is 2.31 bits per heavy atom. The van der Waals surface area contributed by atoms with E-state index in [2.05, 4.69) is 31.1 Å². The van der Waals surface area contributed by atoms with E-state index in [9.17, 15) is 0 Å². The summed E-state index contributed by atoms with van der Waals surface area (Å²) in [5.41, 5.74) is 0. The third-order valence-electron chi connectivity index (χ3n) is 2.43. The van der Waals surface area contributed by atoms with Crippen molar-refractivity contribution < 1.29 is 4.74 Å². The summed E-state index contributed by atoms with van der Waals surface area (Å²) in [6, 6.07) is 0.662. The van der Waals surface area contributed by atoms with Gasteiger partial charge in [0.1, 0.15) is 0 Å². The lowest BCUT2D eigenvalue weighted by Crippen LogP contribution is -2.46. The summed E-state index contributed by atoms with van der Waals surface area (Å²) < 4.78 is 5.52. The van der Waals surface area contributed by atoms with E-state index < -0.39 is 0 Å². The van der Waals surface area contributed by atoms with Crippen molar-refractivity contribution in [3.63, 3.8) is 0 Å². The van der Waals surface area contributed by atoms with Gasteiger partial charge in [-0.05, 0) is 33.7 Å². The summed E-state index contributed by atoms with van der Waals surface area (Å²) in [5.74, 6) is 0. The Bertz CT molecular complexity index is 131. The van der Waals surface area contributed by atoms with Gasteiger partial charge in [-0.3, -0.25) is 4.90 Å². The molecule has 13 heavy (non-hydrogen) atoms. The monoisotopic (exact) mass is 186 g/mol. The minimum absolute atomic E-state index is 0.367. The minimum atomic E-state index is 0.367. The lowest BCUT2D eigenvalue weighted by atomic mass is 10.1. The van der Waals surface area contributed by atoms with E-state index in [1.54, 1.807) is 0 Å². The highest BCUT2D eigenvalue weighted by Gasteiger charge is 2.14. The maximum atomic E-state index is 5.52. The Morgan fingerprint density at radius 3 is 2.85 bits per heavy atom. The van der Waals surface area contributed by atoms with Crippen LogP contribution in [-0.2, 0) is 4.74 Å². The van der Waals surface area contributed by atoms with Gasteiger partial charge in [-0.15, -0.1) is 0 Å². The molecule has 0 aromatic heterocycles. The Morgan fingerprint density at radius 1 is 1.54 bits per heavy atom. The summed E-state index contributed by atoms with van der Waals surface area (Å²) >= 11 is 0. The normalized spacial score (nSPS) is 25.4. The molecule has 0 aromatic rings. The molecule has 3 nitrogen and oxygen atoms in total. The molecule has 78 valence electrons. The van der Waals surface area contributed by atoms with Gasteiger partial charge in [-0.2, -0.15) is 0 Å². The summed E-state index contributed by atoms with van der Waals surface area (Å²) in [4.78, 5) is 2.31.